The van der Waals surface area contributed by atoms with Gasteiger partial charge in [-0.1, -0.05) is 45.1 Å². The second-order valence-corrected chi connectivity index (χ2v) is 7.11. The maximum absolute atomic E-state index is 11.4. The Morgan fingerprint density at radius 2 is 1.50 bits per heavy atom. The molecule has 0 radical (unpaired) electrons. The molecule has 0 saturated heterocycles. The topological polar surface area (TPSA) is 62.7 Å². The molecule has 2 rings (SSSR count). The first-order valence-electron chi connectivity index (χ1n) is 9.55. The first-order valence-corrected chi connectivity index (χ1v) is 9.55. The van der Waals surface area contributed by atoms with E-state index in [-0.39, 0.29) is 5.97 Å². The van der Waals surface area contributed by atoms with Crippen molar-refractivity contribution in [3.05, 3.63) is 12.2 Å². The molecule has 136 valence electrons. The third-order valence-corrected chi connectivity index (χ3v) is 4.83. The molecule has 24 heavy (non-hydrogen) atoms. The molecule has 0 heterocycles. The third kappa shape index (κ3) is 6.93. The minimum Gasteiger partial charge on any atom is -0.460 e. The Balaban J connectivity index is 1.83. The predicted octanol–water partition coefficient (Wildman–Crippen LogP) is 3.31. The average Bonchev–Trinajstić information content (AvgIpc) is 2.60. The van der Waals surface area contributed by atoms with Gasteiger partial charge in [0.05, 0.1) is 6.54 Å². The van der Waals surface area contributed by atoms with Crippen LogP contribution in [0.5, 0.6) is 0 Å². The van der Waals surface area contributed by atoms with Gasteiger partial charge in [-0.3, -0.25) is 0 Å². The number of hydrogen-bond acceptors (Lipinski definition) is 3. The summed E-state index contributed by atoms with van der Waals surface area (Å²) in [7, 11) is 0. The summed E-state index contributed by atoms with van der Waals surface area (Å²) in [5.74, 6) is 0.549. The molecule has 0 spiro atoms. The van der Waals surface area contributed by atoms with Crippen molar-refractivity contribution in [2.45, 2.75) is 83.2 Å². The molecular formula is C19H33N3O2. The summed E-state index contributed by atoms with van der Waals surface area (Å²) < 4.78 is 5.13. The molecule has 5 nitrogen and oxygen atoms in total. The summed E-state index contributed by atoms with van der Waals surface area (Å²) in [6.07, 6.45) is 12.7. The van der Waals surface area contributed by atoms with Crippen LogP contribution in [0.25, 0.3) is 0 Å². The van der Waals surface area contributed by atoms with Gasteiger partial charge in [-0.25, -0.2) is 9.79 Å². The summed E-state index contributed by atoms with van der Waals surface area (Å²) in [5, 5.41) is 7.19. The minimum absolute atomic E-state index is 0.299. The van der Waals surface area contributed by atoms with Gasteiger partial charge in [-0.05, 0) is 32.6 Å². The van der Waals surface area contributed by atoms with Crippen LogP contribution in [0.2, 0.25) is 0 Å². The lowest BCUT2D eigenvalue weighted by Gasteiger charge is -2.29. The molecule has 2 saturated carbocycles. The number of esters is 1. The molecule has 5 heteroatoms. The number of ether oxygens (including phenoxy) is 1. The molecular weight excluding hydrogens is 302 g/mol. The summed E-state index contributed by atoms with van der Waals surface area (Å²) in [4.78, 5) is 16.1. The van der Waals surface area contributed by atoms with E-state index in [4.69, 9.17) is 4.74 Å². The van der Waals surface area contributed by atoms with Crippen LogP contribution in [0.3, 0.4) is 0 Å². The van der Waals surface area contributed by atoms with Crippen LogP contribution in [0.15, 0.2) is 17.1 Å². The third-order valence-electron chi connectivity index (χ3n) is 4.83. The van der Waals surface area contributed by atoms with Crippen LogP contribution in [0.4, 0.5) is 0 Å². The van der Waals surface area contributed by atoms with E-state index < -0.39 is 0 Å². The summed E-state index contributed by atoms with van der Waals surface area (Å²) in [6.45, 7) is 6.03. The van der Waals surface area contributed by atoms with Crippen LogP contribution < -0.4 is 10.6 Å². The van der Waals surface area contributed by atoms with Crippen molar-refractivity contribution >= 4 is 11.9 Å². The molecule has 2 N–H and O–H groups in total. The number of rotatable bonds is 6. The van der Waals surface area contributed by atoms with E-state index in [9.17, 15) is 4.79 Å². The smallest absolute Gasteiger partial charge is 0.333 e. The number of carbonyl (C=O) groups excluding carboxylic acids is 1. The fourth-order valence-electron chi connectivity index (χ4n) is 3.43. The second-order valence-electron chi connectivity index (χ2n) is 7.11. The predicted molar refractivity (Wildman–Crippen MR) is 98.1 cm³/mol. The Kier molecular flexibility index (Phi) is 8.13. The number of guanidine groups is 1. The average molecular weight is 335 g/mol. The zero-order chi connectivity index (χ0) is 17.2. The van der Waals surface area contributed by atoms with E-state index in [2.05, 4.69) is 22.2 Å². The van der Waals surface area contributed by atoms with Gasteiger partial charge in [0.2, 0.25) is 0 Å². The quantitative estimate of drug-likeness (QED) is 0.257. The number of hydrogen-bond donors (Lipinski definition) is 2. The molecule has 2 fully saturated rings. The van der Waals surface area contributed by atoms with Gasteiger partial charge in [0.15, 0.2) is 5.96 Å². The highest BCUT2D eigenvalue weighted by Crippen LogP contribution is 2.19. The second kappa shape index (κ2) is 10.4. The van der Waals surface area contributed by atoms with Crippen molar-refractivity contribution in [1.29, 1.82) is 0 Å². The lowest BCUT2D eigenvalue weighted by atomic mass is 9.95. The Bertz CT molecular complexity index is 414. The van der Waals surface area contributed by atoms with Crippen molar-refractivity contribution in [2.75, 3.05) is 13.2 Å². The molecule has 0 bridgehead atoms. The van der Waals surface area contributed by atoms with Crippen molar-refractivity contribution in [2.24, 2.45) is 4.99 Å². The molecule has 0 aromatic heterocycles. The number of aliphatic imine (C=N–C) groups is 1. The molecule has 2 aliphatic rings. The van der Waals surface area contributed by atoms with Crippen LogP contribution >= 0.6 is 0 Å². The molecule has 0 atom stereocenters. The van der Waals surface area contributed by atoms with E-state index in [0.717, 1.165) is 5.96 Å². The van der Waals surface area contributed by atoms with Crippen molar-refractivity contribution in [3.63, 3.8) is 0 Å². The summed E-state index contributed by atoms with van der Waals surface area (Å²) in [5.41, 5.74) is 0.430. The van der Waals surface area contributed by atoms with Crippen molar-refractivity contribution in [3.8, 4) is 0 Å². The van der Waals surface area contributed by atoms with Gasteiger partial charge in [0.25, 0.3) is 0 Å². The number of nitrogens with zero attached hydrogens (tertiary/aromatic N) is 1. The fraction of sp³-hybridized carbons (Fsp3) is 0.789. The van der Waals surface area contributed by atoms with Crippen LogP contribution in [-0.4, -0.2) is 37.2 Å². The Labute approximate surface area is 146 Å². The number of carbonyl (C=O) groups is 1. The lowest BCUT2D eigenvalue weighted by molar-refractivity contribution is -0.138. The standard InChI is InChI=1S/C19H33N3O2/c1-15(2)18(23)24-14-13-20-19(21-16-9-5-3-6-10-16)22-17-11-7-4-8-12-17/h16-17H,1,3-14H2,2H3,(H2,20,21,22). The maximum Gasteiger partial charge on any atom is 0.333 e. The molecule has 0 amide bonds. The van der Waals surface area contributed by atoms with Crippen LogP contribution in [0, 0.1) is 0 Å². The first-order chi connectivity index (χ1) is 11.6. The number of nitrogens with one attached hydrogen (secondary N) is 2. The molecule has 2 aliphatic carbocycles. The van der Waals surface area contributed by atoms with E-state index in [1.807, 2.05) is 0 Å². The first kappa shape index (κ1) is 18.8. The largest absolute Gasteiger partial charge is 0.460 e. The van der Waals surface area contributed by atoms with Gasteiger partial charge in [-0.2, -0.15) is 0 Å². The minimum atomic E-state index is -0.341. The van der Waals surface area contributed by atoms with E-state index in [1.165, 1.54) is 64.2 Å². The van der Waals surface area contributed by atoms with Crippen LogP contribution in [-0.2, 0) is 9.53 Å². The highest BCUT2D eigenvalue weighted by Gasteiger charge is 2.18. The van der Waals surface area contributed by atoms with Crippen LogP contribution in [0.1, 0.15) is 71.1 Å². The molecule has 0 aromatic carbocycles. The van der Waals surface area contributed by atoms with Gasteiger partial charge in [-0.15, -0.1) is 0 Å². The SMILES string of the molecule is C=C(C)C(=O)OCCN=C(NC1CCCCC1)NC1CCCCC1. The summed E-state index contributed by atoms with van der Waals surface area (Å²) in [6, 6.07) is 1.04. The Morgan fingerprint density at radius 3 is 1.96 bits per heavy atom. The molecule has 0 aromatic rings. The lowest BCUT2D eigenvalue weighted by Crippen LogP contribution is -2.48. The maximum atomic E-state index is 11.4. The van der Waals surface area contributed by atoms with E-state index >= 15 is 0 Å². The van der Waals surface area contributed by atoms with Gasteiger partial charge in [0, 0.05) is 17.7 Å². The highest BCUT2D eigenvalue weighted by atomic mass is 16.5. The fourth-order valence-corrected chi connectivity index (χ4v) is 3.43. The molecule has 0 unspecified atom stereocenters. The monoisotopic (exact) mass is 335 g/mol. The normalized spacial score (nSPS) is 19.4. The molecule has 0 aliphatic heterocycles. The highest BCUT2D eigenvalue weighted by molar-refractivity contribution is 5.87. The van der Waals surface area contributed by atoms with E-state index in [1.54, 1.807) is 6.92 Å². The van der Waals surface area contributed by atoms with E-state index in [0.29, 0.717) is 30.8 Å². The Morgan fingerprint density at radius 1 is 1.00 bits per heavy atom. The van der Waals surface area contributed by atoms with Crippen molar-refractivity contribution in [1.82, 2.24) is 10.6 Å². The van der Waals surface area contributed by atoms with Crippen molar-refractivity contribution < 1.29 is 9.53 Å². The van der Waals surface area contributed by atoms with Gasteiger partial charge >= 0.3 is 5.97 Å². The zero-order valence-corrected chi connectivity index (χ0v) is 15.1. The summed E-state index contributed by atoms with van der Waals surface area (Å²) >= 11 is 0. The van der Waals surface area contributed by atoms with Gasteiger partial charge < -0.3 is 15.4 Å². The zero-order valence-electron chi connectivity index (χ0n) is 15.1. The van der Waals surface area contributed by atoms with Gasteiger partial charge in [0.1, 0.15) is 6.61 Å². The Hall–Kier alpha value is -1.52.